The van der Waals surface area contributed by atoms with Crippen molar-refractivity contribution in [3.63, 3.8) is 0 Å². The average Bonchev–Trinajstić information content (AvgIpc) is 3.26. The summed E-state index contributed by atoms with van der Waals surface area (Å²) in [7, 11) is 0. The smallest absolute Gasteiger partial charge is 0.307 e. The number of ether oxygens (including phenoxy) is 1. The van der Waals surface area contributed by atoms with Crippen molar-refractivity contribution in [3.8, 4) is 0 Å². The van der Waals surface area contributed by atoms with Crippen molar-refractivity contribution in [2.45, 2.75) is 45.1 Å². The number of aryl methyl sites for hydroxylation is 3. The molecule has 2 N–H and O–H groups in total. The van der Waals surface area contributed by atoms with Gasteiger partial charge < -0.3 is 15.0 Å². The summed E-state index contributed by atoms with van der Waals surface area (Å²) in [5.74, 6) is -0.643. The Bertz CT molecular complexity index is 1220. The molecule has 1 aliphatic carbocycles. The van der Waals surface area contributed by atoms with E-state index in [4.69, 9.17) is 27.9 Å². The summed E-state index contributed by atoms with van der Waals surface area (Å²) in [5.41, 5.74) is 1.35. The molecule has 0 fully saturated rings. The number of H-pyrrole nitrogens is 1. The van der Waals surface area contributed by atoms with Gasteiger partial charge in [-0.3, -0.25) is 14.4 Å². The number of benzene rings is 1. The molecule has 2 aromatic heterocycles. The van der Waals surface area contributed by atoms with Crippen molar-refractivity contribution in [1.82, 2.24) is 9.97 Å². The molecule has 1 aromatic carbocycles. The first-order valence-corrected chi connectivity index (χ1v) is 11.4. The summed E-state index contributed by atoms with van der Waals surface area (Å²) in [6, 6.07) is 4.62. The predicted molar refractivity (Wildman–Crippen MR) is 121 cm³/mol. The number of aromatic nitrogens is 2. The number of hydrogen-bond acceptors (Lipinski definition) is 6. The molecule has 1 amide bonds. The number of carbonyl (C=O) groups is 2. The maximum Gasteiger partial charge on any atom is 0.307 e. The van der Waals surface area contributed by atoms with Gasteiger partial charge in [-0.1, -0.05) is 23.2 Å². The van der Waals surface area contributed by atoms with Crippen LogP contribution in [0.1, 0.15) is 36.0 Å². The quantitative estimate of drug-likeness (QED) is 0.513. The first-order valence-electron chi connectivity index (χ1n) is 9.80. The number of rotatable bonds is 6. The normalized spacial score (nSPS) is 13.8. The number of esters is 1. The average molecular weight is 480 g/mol. The lowest BCUT2D eigenvalue weighted by molar-refractivity contribution is -0.153. The number of anilines is 1. The first kappa shape index (κ1) is 21.8. The maximum atomic E-state index is 12.5. The molecule has 3 aromatic rings. The molecule has 162 valence electrons. The van der Waals surface area contributed by atoms with E-state index in [1.165, 1.54) is 11.8 Å². The molecule has 0 spiro atoms. The lowest BCUT2D eigenvalue weighted by Gasteiger charge is -2.14. The Kier molecular flexibility index (Phi) is 6.31. The zero-order chi connectivity index (χ0) is 22.1. The number of aromatic amines is 1. The number of fused-ring (bicyclic) bond motifs is 3. The minimum atomic E-state index is -1.01. The lowest BCUT2D eigenvalue weighted by atomic mass is 10.2. The zero-order valence-corrected chi connectivity index (χ0v) is 18.9. The van der Waals surface area contributed by atoms with Gasteiger partial charge in [0.1, 0.15) is 10.7 Å². The minimum Gasteiger partial charge on any atom is -0.453 e. The monoisotopic (exact) mass is 479 g/mol. The number of thiophene rings is 1. The van der Waals surface area contributed by atoms with Crippen LogP contribution in [0.15, 0.2) is 23.0 Å². The highest BCUT2D eigenvalue weighted by Crippen LogP contribution is 2.34. The van der Waals surface area contributed by atoms with Crippen LogP contribution in [0.2, 0.25) is 10.0 Å². The maximum absolute atomic E-state index is 12.5. The molecular formula is C21H19Cl2N3O4S. The van der Waals surface area contributed by atoms with Crippen molar-refractivity contribution in [2.75, 3.05) is 5.32 Å². The van der Waals surface area contributed by atoms with E-state index >= 15 is 0 Å². The first-order chi connectivity index (χ1) is 14.8. The fourth-order valence-electron chi connectivity index (χ4n) is 3.57. The zero-order valence-electron chi connectivity index (χ0n) is 16.6. The van der Waals surface area contributed by atoms with Gasteiger partial charge in [0.05, 0.1) is 11.8 Å². The summed E-state index contributed by atoms with van der Waals surface area (Å²) in [6.07, 6.45) is 2.15. The number of amides is 1. The Morgan fingerprint density at radius 1 is 1.26 bits per heavy atom. The third kappa shape index (κ3) is 4.92. The van der Waals surface area contributed by atoms with Gasteiger partial charge in [0, 0.05) is 27.0 Å². The molecule has 0 saturated heterocycles. The van der Waals surface area contributed by atoms with Crippen LogP contribution in [0.5, 0.6) is 0 Å². The van der Waals surface area contributed by atoms with Crippen LogP contribution < -0.4 is 10.9 Å². The van der Waals surface area contributed by atoms with Crippen LogP contribution in [-0.2, 0) is 33.6 Å². The third-order valence-electron chi connectivity index (χ3n) is 5.00. The SMILES string of the molecule is C[C@@H](OC(=O)CCc1nc2sc3c(c2c(=O)[nH]1)CCC3)C(=O)Nc1cc(Cl)cc(Cl)c1. The summed E-state index contributed by atoms with van der Waals surface area (Å²) in [4.78, 5) is 46.2. The molecule has 0 radical (unpaired) electrons. The highest BCUT2D eigenvalue weighted by atomic mass is 35.5. The van der Waals surface area contributed by atoms with Crippen LogP contribution in [-0.4, -0.2) is 27.9 Å². The largest absolute Gasteiger partial charge is 0.453 e. The highest BCUT2D eigenvalue weighted by Gasteiger charge is 2.22. The molecule has 10 heteroatoms. The molecule has 0 saturated carbocycles. The molecule has 0 aliphatic heterocycles. The summed E-state index contributed by atoms with van der Waals surface area (Å²) >= 11 is 13.4. The fraction of sp³-hybridized carbons (Fsp3) is 0.333. The number of nitrogens with one attached hydrogen (secondary N) is 2. The van der Waals surface area contributed by atoms with Crippen LogP contribution in [0.3, 0.4) is 0 Å². The van der Waals surface area contributed by atoms with E-state index in [0.29, 0.717) is 31.8 Å². The molecule has 1 aliphatic rings. The van der Waals surface area contributed by atoms with Gasteiger partial charge in [-0.15, -0.1) is 11.3 Å². The molecule has 0 bridgehead atoms. The number of carbonyl (C=O) groups excluding carboxylic acids is 2. The number of halogens is 2. The molecular weight excluding hydrogens is 461 g/mol. The minimum absolute atomic E-state index is 0.0137. The van der Waals surface area contributed by atoms with Crippen molar-refractivity contribution in [2.24, 2.45) is 0 Å². The Morgan fingerprint density at radius 2 is 2.00 bits per heavy atom. The Hall–Kier alpha value is -2.42. The van der Waals surface area contributed by atoms with Gasteiger partial charge in [0.25, 0.3) is 11.5 Å². The van der Waals surface area contributed by atoms with E-state index in [1.54, 1.807) is 29.5 Å². The summed E-state index contributed by atoms with van der Waals surface area (Å²) in [6.45, 7) is 1.47. The molecule has 0 unspecified atom stereocenters. The van der Waals surface area contributed by atoms with E-state index < -0.39 is 18.0 Å². The van der Waals surface area contributed by atoms with Crippen molar-refractivity contribution in [3.05, 3.63) is 54.9 Å². The van der Waals surface area contributed by atoms with E-state index in [0.717, 1.165) is 24.8 Å². The van der Waals surface area contributed by atoms with Crippen LogP contribution in [0.25, 0.3) is 10.2 Å². The van der Waals surface area contributed by atoms with Gasteiger partial charge in [0.2, 0.25) is 0 Å². The van der Waals surface area contributed by atoms with Gasteiger partial charge in [-0.05, 0) is 49.9 Å². The number of hydrogen-bond donors (Lipinski definition) is 2. The van der Waals surface area contributed by atoms with Crippen molar-refractivity contribution < 1.29 is 14.3 Å². The second-order valence-corrected chi connectivity index (χ2v) is 9.29. The second kappa shape index (κ2) is 8.98. The molecule has 7 nitrogen and oxygen atoms in total. The Balaban J connectivity index is 1.34. The van der Waals surface area contributed by atoms with Crippen molar-refractivity contribution in [1.29, 1.82) is 0 Å². The lowest BCUT2D eigenvalue weighted by Crippen LogP contribution is -2.30. The van der Waals surface area contributed by atoms with Crippen molar-refractivity contribution >= 4 is 62.3 Å². The van der Waals surface area contributed by atoms with E-state index in [-0.39, 0.29) is 18.4 Å². The third-order valence-corrected chi connectivity index (χ3v) is 6.62. The summed E-state index contributed by atoms with van der Waals surface area (Å²) in [5, 5.41) is 4.03. The van der Waals surface area contributed by atoms with Crippen LogP contribution in [0, 0.1) is 0 Å². The summed E-state index contributed by atoms with van der Waals surface area (Å²) < 4.78 is 5.20. The second-order valence-electron chi connectivity index (χ2n) is 7.33. The molecule has 1 atom stereocenters. The van der Waals surface area contributed by atoms with E-state index in [2.05, 4.69) is 15.3 Å². The molecule has 4 rings (SSSR count). The fourth-order valence-corrected chi connectivity index (χ4v) is 5.37. The molecule has 2 heterocycles. The van der Waals surface area contributed by atoms with Gasteiger partial charge in [-0.2, -0.15) is 0 Å². The van der Waals surface area contributed by atoms with Gasteiger partial charge in [0.15, 0.2) is 6.10 Å². The number of nitrogens with zero attached hydrogens (tertiary/aromatic N) is 1. The van der Waals surface area contributed by atoms with Crippen LogP contribution in [0.4, 0.5) is 5.69 Å². The standard InChI is InChI=1S/C21H19Cl2N3O4S/c1-10(19(28)24-13-8-11(22)7-12(23)9-13)30-17(27)6-5-16-25-20(29)18-14-3-2-4-15(14)31-21(18)26-16/h7-10H,2-6H2,1H3,(H,24,28)(H,25,26,29)/t10-/m1/s1. The molecule has 31 heavy (non-hydrogen) atoms. The highest BCUT2D eigenvalue weighted by molar-refractivity contribution is 7.18. The predicted octanol–water partition coefficient (Wildman–Crippen LogP) is 4.28. The Morgan fingerprint density at radius 3 is 2.74 bits per heavy atom. The Labute approximate surface area is 191 Å². The van der Waals surface area contributed by atoms with Crippen LogP contribution >= 0.6 is 34.5 Å². The van der Waals surface area contributed by atoms with Gasteiger partial charge >= 0.3 is 5.97 Å². The van der Waals surface area contributed by atoms with E-state index in [9.17, 15) is 14.4 Å². The van der Waals surface area contributed by atoms with Gasteiger partial charge in [-0.25, -0.2) is 4.98 Å². The topological polar surface area (TPSA) is 101 Å². The van der Waals surface area contributed by atoms with E-state index in [1.807, 2.05) is 0 Å².